The van der Waals surface area contributed by atoms with E-state index in [0.29, 0.717) is 12.5 Å². The van der Waals surface area contributed by atoms with Gasteiger partial charge < -0.3 is 14.9 Å². The fraction of sp³-hybridized carbons (Fsp3) is 0.923. The van der Waals surface area contributed by atoms with Gasteiger partial charge in [-0.25, -0.2) is 4.79 Å². The van der Waals surface area contributed by atoms with Gasteiger partial charge in [0.25, 0.3) is 0 Å². The summed E-state index contributed by atoms with van der Waals surface area (Å²) < 4.78 is 0. The minimum atomic E-state index is -0.486. The number of urea groups is 1. The average molecular weight is 240 g/mol. The Morgan fingerprint density at radius 2 is 2.24 bits per heavy atom. The van der Waals surface area contributed by atoms with E-state index in [-0.39, 0.29) is 6.03 Å². The van der Waals surface area contributed by atoms with Crippen molar-refractivity contribution >= 4 is 6.03 Å². The summed E-state index contributed by atoms with van der Waals surface area (Å²) in [6.45, 7) is 4.17. The Labute approximate surface area is 104 Å². The predicted molar refractivity (Wildman–Crippen MR) is 66.8 cm³/mol. The maximum atomic E-state index is 12.1. The molecule has 2 amide bonds. The Kier molecular flexibility index (Phi) is 3.61. The van der Waals surface area contributed by atoms with Crippen LogP contribution in [0.3, 0.4) is 0 Å². The zero-order valence-corrected chi connectivity index (χ0v) is 11.0. The fourth-order valence-corrected chi connectivity index (χ4v) is 3.12. The molecule has 4 nitrogen and oxygen atoms in total. The first-order valence-electron chi connectivity index (χ1n) is 6.79. The molecule has 98 valence electrons. The van der Waals surface area contributed by atoms with Crippen LogP contribution in [0, 0.1) is 5.92 Å². The van der Waals surface area contributed by atoms with Crippen molar-refractivity contribution < 1.29 is 9.90 Å². The first-order chi connectivity index (χ1) is 8.07. The van der Waals surface area contributed by atoms with Crippen molar-refractivity contribution in [1.29, 1.82) is 0 Å². The molecule has 0 aromatic carbocycles. The molecule has 0 radical (unpaired) electrons. The zero-order valence-electron chi connectivity index (χ0n) is 11.0. The lowest BCUT2D eigenvalue weighted by Gasteiger charge is -2.47. The maximum Gasteiger partial charge on any atom is 0.319 e. The van der Waals surface area contributed by atoms with Gasteiger partial charge in [0, 0.05) is 32.6 Å². The number of fused-ring (bicyclic) bond motifs is 1. The summed E-state index contributed by atoms with van der Waals surface area (Å²) >= 11 is 0. The molecule has 2 fully saturated rings. The van der Waals surface area contributed by atoms with Gasteiger partial charge in [0.05, 0.1) is 5.60 Å². The third kappa shape index (κ3) is 2.41. The summed E-state index contributed by atoms with van der Waals surface area (Å²) in [5, 5.41) is 10.5. The van der Waals surface area contributed by atoms with E-state index in [9.17, 15) is 9.90 Å². The molecule has 0 spiro atoms. The highest BCUT2D eigenvalue weighted by Crippen LogP contribution is 2.39. The molecular formula is C13H24N2O2. The van der Waals surface area contributed by atoms with Crippen LogP contribution in [0.4, 0.5) is 4.79 Å². The lowest BCUT2D eigenvalue weighted by atomic mass is 9.71. The molecule has 0 aromatic heterocycles. The van der Waals surface area contributed by atoms with Crippen molar-refractivity contribution in [1.82, 2.24) is 9.80 Å². The number of aliphatic hydroxyl groups is 1. The van der Waals surface area contributed by atoms with Crippen LogP contribution in [0.5, 0.6) is 0 Å². The van der Waals surface area contributed by atoms with Crippen LogP contribution in [-0.4, -0.2) is 53.2 Å². The predicted octanol–water partition coefficient (Wildman–Crippen LogP) is 1.69. The van der Waals surface area contributed by atoms with E-state index in [4.69, 9.17) is 0 Å². The van der Waals surface area contributed by atoms with Crippen LogP contribution in [0.1, 0.15) is 39.0 Å². The number of amides is 2. The maximum absolute atomic E-state index is 12.1. The molecule has 1 N–H and O–H groups in total. The summed E-state index contributed by atoms with van der Waals surface area (Å²) in [6, 6.07) is 0.111. The molecule has 4 heteroatoms. The molecule has 1 aliphatic carbocycles. The molecule has 17 heavy (non-hydrogen) atoms. The monoisotopic (exact) mass is 240 g/mol. The Hall–Kier alpha value is -0.770. The minimum absolute atomic E-state index is 0.111. The van der Waals surface area contributed by atoms with E-state index in [1.807, 2.05) is 18.9 Å². The van der Waals surface area contributed by atoms with Gasteiger partial charge in [-0.1, -0.05) is 12.8 Å². The number of nitrogens with zero attached hydrogens (tertiary/aromatic N) is 2. The molecule has 2 atom stereocenters. The molecule has 2 aliphatic rings. The van der Waals surface area contributed by atoms with Gasteiger partial charge in [-0.15, -0.1) is 0 Å². The van der Waals surface area contributed by atoms with Crippen LogP contribution >= 0.6 is 0 Å². The summed E-state index contributed by atoms with van der Waals surface area (Å²) in [7, 11) is 1.84. The highest BCUT2D eigenvalue weighted by atomic mass is 16.3. The van der Waals surface area contributed by atoms with Gasteiger partial charge in [0.1, 0.15) is 0 Å². The van der Waals surface area contributed by atoms with E-state index in [1.54, 1.807) is 4.90 Å². The lowest BCUT2D eigenvalue weighted by Crippen LogP contribution is -2.56. The van der Waals surface area contributed by atoms with E-state index < -0.39 is 5.60 Å². The Bertz CT molecular complexity index is 295. The van der Waals surface area contributed by atoms with Crippen molar-refractivity contribution in [3.05, 3.63) is 0 Å². The van der Waals surface area contributed by atoms with Gasteiger partial charge in [-0.05, 0) is 26.2 Å². The van der Waals surface area contributed by atoms with Gasteiger partial charge in [0.2, 0.25) is 0 Å². The van der Waals surface area contributed by atoms with Gasteiger partial charge in [-0.3, -0.25) is 0 Å². The molecule has 1 aliphatic heterocycles. The molecular weight excluding hydrogens is 216 g/mol. The first kappa shape index (κ1) is 12.7. The van der Waals surface area contributed by atoms with Crippen molar-refractivity contribution in [3.8, 4) is 0 Å². The molecule has 0 bridgehead atoms. The van der Waals surface area contributed by atoms with E-state index in [2.05, 4.69) is 0 Å². The van der Waals surface area contributed by atoms with E-state index in [1.165, 1.54) is 6.42 Å². The van der Waals surface area contributed by atoms with Gasteiger partial charge >= 0.3 is 6.03 Å². The minimum Gasteiger partial charge on any atom is -0.389 e. The van der Waals surface area contributed by atoms with E-state index in [0.717, 1.165) is 38.8 Å². The second kappa shape index (κ2) is 4.84. The SMILES string of the molecule is CCN(C)C(=O)N1CCC2(O)CCCCC2C1. The quantitative estimate of drug-likeness (QED) is 0.758. The van der Waals surface area contributed by atoms with Crippen molar-refractivity contribution in [2.24, 2.45) is 5.92 Å². The summed E-state index contributed by atoms with van der Waals surface area (Å²) in [4.78, 5) is 15.7. The fourth-order valence-electron chi connectivity index (χ4n) is 3.12. The summed E-state index contributed by atoms with van der Waals surface area (Å²) in [5.74, 6) is 0.291. The number of carbonyl (C=O) groups is 1. The molecule has 0 aromatic rings. The molecule has 1 saturated carbocycles. The number of piperidine rings is 1. The Balaban J connectivity index is 1.99. The second-order valence-corrected chi connectivity index (χ2v) is 5.54. The zero-order chi connectivity index (χ0) is 12.5. The van der Waals surface area contributed by atoms with Crippen LogP contribution in [0.2, 0.25) is 0 Å². The van der Waals surface area contributed by atoms with Crippen molar-refractivity contribution in [3.63, 3.8) is 0 Å². The number of hydrogen-bond acceptors (Lipinski definition) is 2. The Morgan fingerprint density at radius 3 is 2.94 bits per heavy atom. The van der Waals surface area contributed by atoms with Crippen LogP contribution in [0.25, 0.3) is 0 Å². The third-order valence-electron chi connectivity index (χ3n) is 4.50. The number of carbonyl (C=O) groups excluding carboxylic acids is 1. The summed E-state index contributed by atoms with van der Waals surface area (Å²) in [5.41, 5.74) is -0.486. The molecule has 2 rings (SSSR count). The molecule has 1 saturated heterocycles. The standard InChI is InChI=1S/C13H24N2O2/c1-3-14(2)12(16)15-9-8-13(17)7-5-4-6-11(13)10-15/h11,17H,3-10H2,1-2H3. The number of hydrogen-bond donors (Lipinski definition) is 1. The lowest BCUT2D eigenvalue weighted by molar-refractivity contribution is -0.0885. The number of rotatable bonds is 1. The second-order valence-electron chi connectivity index (χ2n) is 5.54. The van der Waals surface area contributed by atoms with Crippen LogP contribution in [0.15, 0.2) is 0 Å². The van der Waals surface area contributed by atoms with Crippen LogP contribution in [-0.2, 0) is 0 Å². The van der Waals surface area contributed by atoms with Crippen molar-refractivity contribution in [2.45, 2.75) is 44.6 Å². The largest absolute Gasteiger partial charge is 0.389 e. The highest BCUT2D eigenvalue weighted by Gasteiger charge is 2.43. The average Bonchev–Trinajstić information content (AvgIpc) is 2.35. The third-order valence-corrected chi connectivity index (χ3v) is 4.50. The molecule has 1 heterocycles. The van der Waals surface area contributed by atoms with Crippen molar-refractivity contribution in [2.75, 3.05) is 26.7 Å². The van der Waals surface area contributed by atoms with Crippen LogP contribution < -0.4 is 0 Å². The van der Waals surface area contributed by atoms with Gasteiger partial charge in [0.15, 0.2) is 0 Å². The molecule has 2 unspecified atom stereocenters. The topological polar surface area (TPSA) is 43.8 Å². The summed E-state index contributed by atoms with van der Waals surface area (Å²) in [6.07, 6.45) is 5.06. The smallest absolute Gasteiger partial charge is 0.319 e. The van der Waals surface area contributed by atoms with Gasteiger partial charge in [-0.2, -0.15) is 0 Å². The number of likely N-dealkylation sites (tertiary alicyclic amines) is 1. The first-order valence-corrected chi connectivity index (χ1v) is 6.79. The Morgan fingerprint density at radius 1 is 1.47 bits per heavy atom. The van der Waals surface area contributed by atoms with E-state index >= 15 is 0 Å². The normalized spacial score (nSPS) is 33.1. The highest BCUT2D eigenvalue weighted by molar-refractivity contribution is 5.74.